The van der Waals surface area contributed by atoms with Crippen molar-refractivity contribution in [1.82, 2.24) is 0 Å². The van der Waals surface area contributed by atoms with Crippen LogP contribution in [0, 0.1) is 6.92 Å². The molecule has 0 saturated carbocycles. The number of rotatable bonds is 1. The Labute approximate surface area is 141 Å². The molecule has 0 heterocycles. The molecule has 2 nitrogen and oxygen atoms in total. The minimum Gasteiger partial charge on any atom is -0.478 e. The number of fused-ring (bicyclic) bond motifs is 2. The Morgan fingerprint density at radius 2 is 1.33 bits per heavy atom. The molecule has 0 aliphatic carbocycles. The van der Waals surface area contributed by atoms with Crippen LogP contribution in [0.4, 0.5) is 0 Å². The molecule has 0 bridgehead atoms. The molecule has 0 spiro atoms. The molecule has 0 fully saturated rings. The average Bonchev–Trinajstić information content (AvgIpc) is 2.61. The number of aromatic carboxylic acids is 1. The topological polar surface area (TPSA) is 37.3 Å². The lowest BCUT2D eigenvalue weighted by Crippen LogP contribution is -1.96. The van der Waals surface area contributed by atoms with Gasteiger partial charge in [0.15, 0.2) is 0 Å². The molecule has 1 N–H and O–H groups in total. The van der Waals surface area contributed by atoms with Crippen LogP contribution in [0.25, 0.3) is 21.5 Å². The summed E-state index contributed by atoms with van der Waals surface area (Å²) in [6.45, 7) is 2.12. The smallest absolute Gasteiger partial charge is 0.336 e. The summed E-state index contributed by atoms with van der Waals surface area (Å²) in [5.74, 6) is -0.878. The van der Waals surface area contributed by atoms with Crippen molar-refractivity contribution in [2.45, 2.75) is 6.92 Å². The van der Waals surface area contributed by atoms with Crippen molar-refractivity contribution in [2.24, 2.45) is 0 Å². The maximum absolute atomic E-state index is 10.8. The van der Waals surface area contributed by atoms with Gasteiger partial charge in [-0.2, -0.15) is 0 Å². The van der Waals surface area contributed by atoms with Crippen molar-refractivity contribution in [3.05, 3.63) is 96.1 Å². The van der Waals surface area contributed by atoms with Gasteiger partial charge in [0.1, 0.15) is 0 Å². The Morgan fingerprint density at radius 1 is 0.708 bits per heavy atom. The normalized spacial score (nSPS) is 10.2. The first-order chi connectivity index (χ1) is 11.6. The van der Waals surface area contributed by atoms with Crippen LogP contribution < -0.4 is 0 Å². The van der Waals surface area contributed by atoms with Gasteiger partial charge in [0.05, 0.1) is 5.56 Å². The van der Waals surface area contributed by atoms with Gasteiger partial charge in [-0.1, -0.05) is 84.4 Å². The standard InChI is InChI=1S/C11H8O2.C11H10/c12-11(13)10-7-3-5-8-4-1-2-6-9(8)10;1-9-6-7-10-4-2-3-5-11(10)8-9/h1-7H,(H,12,13);2-8H,1H3. The molecular formula is C22H18O2. The first-order valence-corrected chi connectivity index (χ1v) is 7.81. The summed E-state index contributed by atoms with van der Waals surface area (Å²) in [4.78, 5) is 10.8. The van der Waals surface area contributed by atoms with E-state index in [9.17, 15) is 4.79 Å². The maximum atomic E-state index is 10.8. The molecule has 118 valence electrons. The molecule has 4 aromatic rings. The number of hydrogen-bond donors (Lipinski definition) is 1. The molecule has 24 heavy (non-hydrogen) atoms. The van der Waals surface area contributed by atoms with Gasteiger partial charge in [0.25, 0.3) is 0 Å². The third kappa shape index (κ3) is 3.44. The van der Waals surface area contributed by atoms with Crippen LogP contribution in [-0.2, 0) is 0 Å². The lowest BCUT2D eigenvalue weighted by Gasteiger charge is -2.00. The highest BCUT2D eigenvalue weighted by molar-refractivity contribution is 6.03. The molecule has 0 aliphatic heterocycles. The maximum Gasteiger partial charge on any atom is 0.336 e. The quantitative estimate of drug-likeness (QED) is 0.490. The van der Waals surface area contributed by atoms with Crippen molar-refractivity contribution in [2.75, 3.05) is 0 Å². The van der Waals surface area contributed by atoms with Crippen molar-refractivity contribution in [3.8, 4) is 0 Å². The van der Waals surface area contributed by atoms with Crippen LogP contribution in [0.5, 0.6) is 0 Å². The zero-order valence-corrected chi connectivity index (χ0v) is 13.4. The Morgan fingerprint density at radius 3 is 2.08 bits per heavy atom. The summed E-state index contributed by atoms with van der Waals surface area (Å²) >= 11 is 0. The van der Waals surface area contributed by atoms with Crippen LogP contribution in [0.15, 0.2) is 84.9 Å². The van der Waals surface area contributed by atoms with Crippen molar-refractivity contribution < 1.29 is 9.90 Å². The lowest BCUT2D eigenvalue weighted by atomic mass is 10.1. The highest BCUT2D eigenvalue weighted by Gasteiger charge is 2.05. The molecule has 0 radical (unpaired) electrons. The second-order valence-corrected chi connectivity index (χ2v) is 5.68. The zero-order valence-electron chi connectivity index (χ0n) is 13.4. The van der Waals surface area contributed by atoms with Crippen LogP contribution in [0.3, 0.4) is 0 Å². The van der Waals surface area contributed by atoms with Crippen molar-refractivity contribution in [1.29, 1.82) is 0 Å². The van der Waals surface area contributed by atoms with E-state index in [1.54, 1.807) is 12.1 Å². The Bertz CT molecular complexity index is 997. The molecule has 0 aromatic heterocycles. The number of carboxylic acid groups (broad SMARTS) is 1. The molecule has 0 atom stereocenters. The van der Waals surface area contributed by atoms with Gasteiger partial charge >= 0.3 is 5.97 Å². The number of aryl methyl sites for hydroxylation is 1. The van der Waals surface area contributed by atoms with Crippen LogP contribution in [-0.4, -0.2) is 11.1 Å². The Balaban J connectivity index is 0.000000143. The van der Waals surface area contributed by atoms with E-state index in [1.165, 1.54) is 16.3 Å². The minimum absolute atomic E-state index is 0.359. The second-order valence-electron chi connectivity index (χ2n) is 5.68. The fraction of sp³-hybridized carbons (Fsp3) is 0.0455. The Kier molecular flexibility index (Phi) is 4.57. The van der Waals surface area contributed by atoms with Gasteiger partial charge in [-0.15, -0.1) is 0 Å². The number of carboxylic acids is 1. The van der Waals surface area contributed by atoms with E-state index in [0.717, 1.165) is 10.8 Å². The molecule has 4 rings (SSSR count). The number of carbonyl (C=O) groups is 1. The molecule has 2 heteroatoms. The minimum atomic E-state index is -0.878. The van der Waals surface area contributed by atoms with Crippen LogP contribution >= 0.6 is 0 Å². The second kappa shape index (κ2) is 6.97. The number of hydrogen-bond acceptors (Lipinski definition) is 1. The summed E-state index contributed by atoms with van der Waals surface area (Å²) in [5.41, 5.74) is 1.68. The monoisotopic (exact) mass is 314 g/mol. The average molecular weight is 314 g/mol. The van der Waals surface area contributed by atoms with E-state index in [0.29, 0.717) is 5.56 Å². The van der Waals surface area contributed by atoms with Crippen molar-refractivity contribution >= 4 is 27.5 Å². The van der Waals surface area contributed by atoms with Crippen molar-refractivity contribution in [3.63, 3.8) is 0 Å². The van der Waals surface area contributed by atoms with Gasteiger partial charge < -0.3 is 5.11 Å². The summed E-state index contributed by atoms with van der Waals surface area (Å²) in [6.07, 6.45) is 0. The third-order valence-electron chi connectivity index (χ3n) is 3.93. The first kappa shape index (κ1) is 15.8. The molecule has 0 amide bonds. The first-order valence-electron chi connectivity index (χ1n) is 7.81. The van der Waals surface area contributed by atoms with Crippen LogP contribution in [0.1, 0.15) is 15.9 Å². The Hall–Kier alpha value is -3.13. The fourth-order valence-corrected chi connectivity index (χ4v) is 2.72. The molecule has 0 unspecified atom stereocenters. The predicted molar refractivity (Wildman–Crippen MR) is 99.6 cm³/mol. The predicted octanol–water partition coefficient (Wildman–Crippen LogP) is 5.69. The van der Waals surface area contributed by atoms with Gasteiger partial charge in [0, 0.05) is 0 Å². The van der Waals surface area contributed by atoms with E-state index < -0.39 is 5.97 Å². The fourth-order valence-electron chi connectivity index (χ4n) is 2.72. The molecular weight excluding hydrogens is 296 g/mol. The van der Waals surface area contributed by atoms with Gasteiger partial charge in [-0.05, 0) is 34.5 Å². The molecule has 0 aliphatic rings. The van der Waals surface area contributed by atoms with E-state index in [1.807, 2.05) is 30.3 Å². The van der Waals surface area contributed by atoms with E-state index in [4.69, 9.17) is 5.11 Å². The highest BCUT2D eigenvalue weighted by atomic mass is 16.4. The molecule has 0 saturated heterocycles. The highest BCUT2D eigenvalue weighted by Crippen LogP contribution is 2.18. The summed E-state index contributed by atoms with van der Waals surface area (Å²) in [5, 5.41) is 13.3. The van der Waals surface area contributed by atoms with Gasteiger partial charge in [0.2, 0.25) is 0 Å². The van der Waals surface area contributed by atoms with E-state index in [-0.39, 0.29) is 0 Å². The summed E-state index contributed by atoms with van der Waals surface area (Å²) < 4.78 is 0. The van der Waals surface area contributed by atoms with Crippen LogP contribution in [0.2, 0.25) is 0 Å². The third-order valence-corrected chi connectivity index (χ3v) is 3.93. The zero-order chi connectivity index (χ0) is 16.9. The van der Waals surface area contributed by atoms with Gasteiger partial charge in [-0.3, -0.25) is 0 Å². The van der Waals surface area contributed by atoms with E-state index in [2.05, 4.69) is 49.4 Å². The SMILES string of the molecule is Cc1ccc2ccccc2c1.O=C(O)c1cccc2ccccc12. The van der Waals surface area contributed by atoms with Gasteiger partial charge in [-0.25, -0.2) is 4.79 Å². The lowest BCUT2D eigenvalue weighted by molar-refractivity contribution is 0.0699. The largest absolute Gasteiger partial charge is 0.478 e. The summed E-state index contributed by atoms with van der Waals surface area (Å²) in [7, 11) is 0. The van der Waals surface area contributed by atoms with E-state index >= 15 is 0 Å². The molecule has 4 aromatic carbocycles. The number of benzene rings is 4. The summed E-state index contributed by atoms with van der Waals surface area (Å²) in [6, 6.07) is 27.7.